The highest BCUT2D eigenvalue weighted by Crippen LogP contribution is 2.13. The first kappa shape index (κ1) is 8.80. The Morgan fingerprint density at radius 1 is 1.50 bits per heavy atom. The third kappa shape index (κ3) is 3.76. The normalized spacial score (nSPS) is 9.38. The number of hydrogen-bond acceptors (Lipinski definition) is 3. The molecule has 0 amide bonds. The number of rotatable bonds is 4. The van der Waals surface area contributed by atoms with Crippen molar-refractivity contribution in [2.24, 2.45) is 0 Å². The van der Waals surface area contributed by atoms with Gasteiger partial charge in [0, 0.05) is 0 Å². The molecule has 0 heterocycles. The van der Waals surface area contributed by atoms with E-state index in [2.05, 4.69) is 18.2 Å². The SMILES string of the molecule is C[CH2][Al]([CH2]C)[S]OO. The highest BCUT2D eigenvalue weighted by atomic mass is 32.3. The molecule has 1 N–H and O–H groups in total. The van der Waals surface area contributed by atoms with Crippen molar-refractivity contribution in [3.63, 3.8) is 0 Å². The van der Waals surface area contributed by atoms with Crippen LogP contribution in [0, 0.1) is 0 Å². The summed E-state index contributed by atoms with van der Waals surface area (Å²) in [7, 11) is 1.27. The van der Waals surface area contributed by atoms with E-state index in [0.717, 1.165) is 0 Å². The molecule has 0 unspecified atom stereocenters. The van der Waals surface area contributed by atoms with E-state index < -0.39 is 13.0 Å². The third-order valence-electron chi connectivity index (χ3n) is 1.09. The van der Waals surface area contributed by atoms with Gasteiger partial charge in [-0.1, -0.05) is 34.8 Å². The molecular weight excluding hydrogens is 139 g/mol. The second kappa shape index (κ2) is 5.93. The van der Waals surface area contributed by atoms with Crippen LogP contribution in [0.1, 0.15) is 13.8 Å². The van der Waals surface area contributed by atoms with Gasteiger partial charge in [-0.15, -0.1) is 0 Å². The first-order valence-corrected chi connectivity index (χ1v) is 6.67. The molecule has 0 aliphatic carbocycles. The van der Waals surface area contributed by atoms with Crippen molar-refractivity contribution in [1.29, 1.82) is 0 Å². The van der Waals surface area contributed by atoms with Gasteiger partial charge in [0.2, 0.25) is 0 Å². The zero-order chi connectivity index (χ0) is 6.41. The molecule has 48 valence electrons. The second-order valence-corrected chi connectivity index (χ2v) is 7.41. The van der Waals surface area contributed by atoms with Crippen LogP contribution in [0.3, 0.4) is 0 Å². The molecule has 0 atom stereocenters. The van der Waals surface area contributed by atoms with Crippen LogP contribution in [0.15, 0.2) is 0 Å². The average Bonchev–Trinajstić information content (AvgIpc) is 1.83. The van der Waals surface area contributed by atoms with E-state index in [1.165, 1.54) is 21.0 Å². The van der Waals surface area contributed by atoms with Crippen LogP contribution in [0.4, 0.5) is 0 Å². The van der Waals surface area contributed by atoms with Crippen molar-refractivity contribution in [1.82, 2.24) is 0 Å². The first-order chi connectivity index (χ1) is 3.85. The molecular formula is C4H11AlO2S. The summed E-state index contributed by atoms with van der Waals surface area (Å²) in [5.41, 5.74) is 0. The maximum atomic E-state index is 8.00. The highest BCUT2D eigenvalue weighted by Gasteiger charge is 2.13. The minimum atomic E-state index is -0.748. The van der Waals surface area contributed by atoms with Crippen LogP contribution in [0.25, 0.3) is 0 Å². The minimum absolute atomic E-state index is 0.748. The largest absolute Gasteiger partial charge is 0.400 e. The summed E-state index contributed by atoms with van der Waals surface area (Å²) in [6.45, 7) is 4.26. The molecule has 0 spiro atoms. The summed E-state index contributed by atoms with van der Waals surface area (Å²) in [6, 6.07) is 0. The molecule has 0 radical (unpaired) electrons. The lowest BCUT2D eigenvalue weighted by molar-refractivity contribution is -0.114. The van der Waals surface area contributed by atoms with Crippen molar-refractivity contribution in [2.75, 3.05) is 0 Å². The van der Waals surface area contributed by atoms with E-state index in [0.29, 0.717) is 0 Å². The summed E-state index contributed by atoms with van der Waals surface area (Å²) < 4.78 is 3.96. The van der Waals surface area contributed by atoms with Crippen LogP contribution in [0.2, 0.25) is 10.6 Å². The van der Waals surface area contributed by atoms with E-state index in [4.69, 9.17) is 5.26 Å². The average molecular weight is 150 g/mol. The smallest absolute Gasteiger partial charge is 0.241 e. The lowest BCUT2D eigenvalue weighted by Gasteiger charge is -1.98. The van der Waals surface area contributed by atoms with Crippen molar-refractivity contribution in [3.05, 3.63) is 0 Å². The van der Waals surface area contributed by atoms with E-state index in [-0.39, 0.29) is 0 Å². The molecule has 0 saturated heterocycles. The molecule has 0 aliphatic heterocycles. The standard InChI is InChI=1S/2C2H5.Al.H2O2S/c2*1-2;;1-2-3/h2*1H2,2H3;;1,3H/q;;+1;/p-1. The van der Waals surface area contributed by atoms with Crippen molar-refractivity contribution in [2.45, 2.75) is 24.4 Å². The van der Waals surface area contributed by atoms with E-state index in [1.54, 1.807) is 0 Å². The Balaban J connectivity index is 3.07. The maximum absolute atomic E-state index is 8.00. The maximum Gasteiger partial charge on any atom is 0.400 e. The van der Waals surface area contributed by atoms with Gasteiger partial charge in [-0.2, -0.15) is 4.33 Å². The Bertz CT molecular complexity index is 49.3. The second-order valence-electron chi connectivity index (χ2n) is 1.61. The molecule has 0 bridgehead atoms. The predicted octanol–water partition coefficient (Wildman–Crippen LogP) is 2.16. The topological polar surface area (TPSA) is 29.5 Å². The molecule has 0 aliphatic rings. The van der Waals surface area contributed by atoms with E-state index in [9.17, 15) is 0 Å². The lowest BCUT2D eigenvalue weighted by Crippen LogP contribution is -2.02. The van der Waals surface area contributed by atoms with Gasteiger partial charge in [-0.3, -0.25) is 0 Å². The molecule has 0 aromatic heterocycles. The van der Waals surface area contributed by atoms with Crippen molar-refractivity contribution in [3.8, 4) is 0 Å². The molecule has 2 nitrogen and oxygen atoms in total. The van der Waals surface area contributed by atoms with Gasteiger partial charge in [-0.25, -0.2) is 5.26 Å². The molecule has 0 fully saturated rings. The van der Waals surface area contributed by atoms with Gasteiger partial charge in [-0.05, 0) is 0 Å². The summed E-state index contributed by atoms with van der Waals surface area (Å²) >= 11 is -0.748. The summed E-state index contributed by atoms with van der Waals surface area (Å²) in [4.78, 5) is 0. The third-order valence-corrected chi connectivity index (χ3v) is 6.34. The van der Waals surface area contributed by atoms with Gasteiger partial charge in [0.25, 0.3) is 0 Å². The van der Waals surface area contributed by atoms with Crippen molar-refractivity contribution >= 4 is 23.4 Å². The van der Waals surface area contributed by atoms with E-state index >= 15 is 0 Å². The fourth-order valence-electron chi connectivity index (χ4n) is 0.486. The van der Waals surface area contributed by atoms with Crippen LogP contribution in [-0.4, -0.2) is 18.3 Å². The minimum Gasteiger partial charge on any atom is -0.241 e. The fourth-order valence-corrected chi connectivity index (χ4v) is 2.64. The summed E-state index contributed by atoms with van der Waals surface area (Å²) in [6.07, 6.45) is 0. The summed E-state index contributed by atoms with van der Waals surface area (Å²) in [5, 5.41) is 10.4. The molecule has 8 heavy (non-hydrogen) atoms. The first-order valence-electron chi connectivity index (χ1n) is 2.82. The lowest BCUT2D eigenvalue weighted by atomic mass is 10.9. The molecule has 0 rings (SSSR count). The van der Waals surface area contributed by atoms with Crippen LogP contribution < -0.4 is 0 Å². The highest BCUT2D eigenvalue weighted by molar-refractivity contribution is 8.21. The van der Waals surface area contributed by atoms with Crippen molar-refractivity contribution < 1.29 is 9.59 Å². The van der Waals surface area contributed by atoms with E-state index in [1.807, 2.05) is 0 Å². The molecule has 4 heteroatoms. The van der Waals surface area contributed by atoms with Gasteiger partial charge in [0.1, 0.15) is 0 Å². The Labute approximate surface area is 57.8 Å². The quantitative estimate of drug-likeness (QED) is 0.288. The van der Waals surface area contributed by atoms with Gasteiger partial charge in [0.05, 0.1) is 0 Å². The fraction of sp³-hybridized carbons (Fsp3) is 1.00. The Hall–Kier alpha value is 0.802. The summed E-state index contributed by atoms with van der Waals surface area (Å²) in [5.74, 6) is 0. The predicted molar refractivity (Wildman–Crippen MR) is 38.0 cm³/mol. The van der Waals surface area contributed by atoms with Crippen LogP contribution in [0.5, 0.6) is 0 Å². The van der Waals surface area contributed by atoms with Gasteiger partial charge >= 0.3 is 13.0 Å². The van der Waals surface area contributed by atoms with Gasteiger partial charge in [0.15, 0.2) is 0 Å². The molecule has 0 saturated carbocycles. The molecule has 0 aromatic carbocycles. The zero-order valence-corrected chi connectivity index (χ0v) is 7.23. The van der Waals surface area contributed by atoms with Crippen LogP contribution >= 0.6 is 10.4 Å². The monoisotopic (exact) mass is 150 g/mol. The molecule has 0 aromatic rings. The Kier molecular flexibility index (Phi) is 6.53. The number of hydrogen-bond donors (Lipinski definition) is 1. The van der Waals surface area contributed by atoms with Gasteiger partial charge < -0.3 is 0 Å². The Morgan fingerprint density at radius 3 is 2.12 bits per heavy atom. The Morgan fingerprint density at radius 2 is 2.00 bits per heavy atom. The van der Waals surface area contributed by atoms with Crippen LogP contribution in [-0.2, 0) is 4.33 Å². The zero-order valence-electron chi connectivity index (χ0n) is 5.26.